The van der Waals surface area contributed by atoms with Gasteiger partial charge in [0.05, 0.1) is 12.5 Å². The lowest BCUT2D eigenvalue weighted by Crippen LogP contribution is -2.30. The molecule has 0 radical (unpaired) electrons. The Morgan fingerprint density at radius 1 is 1.50 bits per heavy atom. The number of halogens is 1. The van der Waals surface area contributed by atoms with Gasteiger partial charge >= 0.3 is 0 Å². The Labute approximate surface area is 65.4 Å². The van der Waals surface area contributed by atoms with Crippen LogP contribution in [0.15, 0.2) is 0 Å². The quantitative estimate of drug-likeness (QED) is 0.539. The standard InChI is InChI=1S/C5H10N2O2.ClH/c1-3(6)4(8)2-5(7)9;/h3H,2,6H2,1H3,(H2,7,9);1H. The van der Waals surface area contributed by atoms with E-state index >= 15 is 0 Å². The van der Waals surface area contributed by atoms with Crippen molar-refractivity contribution in [1.29, 1.82) is 0 Å². The van der Waals surface area contributed by atoms with Crippen LogP contribution in [0.1, 0.15) is 13.3 Å². The molecular formula is C5H11ClN2O2. The largest absolute Gasteiger partial charge is 0.369 e. The zero-order chi connectivity index (χ0) is 7.44. The lowest BCUT2D eigenvalue weighted by molar-refractivity contribution is -0.126. The molecule has 0 aromatic rings. The Morgan fingerprint density at radius 2 is 1.90 bits per heavy atom. The summed E-state index contributed by atoms with van der Waals surface area (Å²) in [7, 11) is 0. The SMILES string of the molecule is CC(N)C(=O)CC(N)=O.Cl. The molecule has 0 saturated heterocycles. The van der Waals surface area contributed by atoms with Crippen LogP contribution in [0.2, 0.25) is 0 Å². The van der Waals surface area contributed by atoms with Crippen LogP contribution in [0.4, 0.5) is 0 Å². The van der Waals surface area contributed by atoms with E-state index in [2.05, 4.69) is 0 Å². The van der Waals surface area contributed by atoms with Gasteiger partial charge in [-0.15, -0.1) is 12.4 Å². The van der Waals surface area contributed by atoms with Gasteiger partial charge in [0.2, 0.25) is 5.91 Å². The van der Waals surface area contributed by atoms with E-state index in [0.717, 1.165) is 0 Å². The van der Waals surface area contributed by atoms with Crippen molar-refractivity contribution in [2.75, 3.05) is 0 Å². The predicted octanol–water partition coefficient (Wildman–Crippen LogP) is -0.800. The maximum absolute atomic E-state index is 10.5. The topological polar surface area (TPSA) is 86.2 Å². The zero-order valence-electron chi connectivity index (χ0n) is 5.66. The normalized spacial score (nSPS) is 11.4. The van der Waals surface area contributed by atoms with Gasteiger partial charge < -0.3 is 11.5 Å². The summed E-state index contributed by atoms with van der Waals surface area (Å²) in [4.78, 5) is 20.6. The van der Waals surface area contributed by atoms with E-state index < -0.39 is 11.9 Å². The van der Waals surface area contributed by atoms with Gasteiger partial charge in [-0.05, 0) is 6.92 Å². The summed E-state index contributed by atoms with van der Waals surface area (Å²) in [5.41, 5.74) is 9.84. The lowest BCUT2D eigenvalue weighted by Gasteiger charge is -1.98. The number of nitrogens with two attached hydrogens (primary N) is 2. The molecule has 0 aromatic heterocycles. The average Bonchev–Trinajstić information content (AvgIpc) is 1.63. The molecule has 4 nitrogen and oxygen atoms in total. The number of Topliss-reactive ketones (excluding diaryl/α,β-unsaturated/α-hetero) is 1. The number of carbonyl (C=O) groups is 2. The van der Waals surface area contributed by atoms with Crippen molar-refractivity contribution in [3.63, 3.8) is 0 Å². The highest BCUT2D eigenvalue weighted by atomic mass is 35.5. The van der Waals surface area contributed by atoms with Crippen molar-refractivity contribution >= 4 is 24.1 Å². The van der Waals surface area contributed by atoms with Gasteiger partial charge in [0, 0.05) is 0 Å². The fraction of sp³-hybridized carbons (Fsp3) is 0.600. The number of hydrogen-bond donors (Lipinski definition) is 2. The van der Waals surface area contributed by atoms with Gasteiger partial charge in [0.25, 0.3) is 0 Å². The van der Waals surface area contributed by atoms with Crippen molar-refractivity contribution in [2.24, 2.45) is 11.5 Å². The third-order valence-corrected chi connectivity index (χ3v) is 0.856. The number of carbonyl (C=O) groups excluding carboxylic acids is 2. The molecule has 0 bridgehead atoms. The van der Waals surface area contributed by atoms with Crippen LogP contribution in [0, 0.1) is 0 Å². The van der Waals surface area contributed by atoms with Gasteiger partial charge in [-0.25, -0.2) is 0 Å². The number of rotatable bonds is 3. The minimum atomic E-state index is -0.627. The van der Waals surface area contributed by atoms with Gasteiger partial charge in [-0.2, -0.15) is 0 Å². The zero-order valence-corrected chi connectivity index (χ0v) is 6.48. The maximum atomic E-state index is 10.5. The molecule has 0 fully saturated rings. The summed E-state index contributed by atoms with van der Waals surface area (Å²) in [6, 6.07) is -0.586. The van der Waals surface area contributed by atoms with Crippen LogP contribution in [-0.4, -0.2) is 17.7 Å². The van der Waals surface area contributed by atoms with Crippen molar-refractivity contribution in [1.82, 2.24) is 0 Å². The van der Waals surface area contributed by atoms with Crippen molar-refractivity contribution in [2.45, 2.75) is 19.4 Å². The van der Waals surface area contributed by atoms with Gasteiger partial charge in [0.15, 0.2) is 5.78 Å². The van der Waals surface area contributed by atoms with E-state index in [1.807, 2.05) is 0 Å². The second-order valence-electron chi connectivity index (χ2n) is 1.90. The Hall–Kier alpha value is -0.610. The van der Waals surface area contributed by atoms with Crippen molar-refractivity contribution in [3.8, 4) is 0 Å². The monoisotopic (exact) mass is 166 g/mol. The van der Waals surface area contributed by atoms with E-state index in [4.69, 9.17) is 11.5 Å². The van der Waals surface area contributed by atoms with Crippen LogP contribution in [0.3, 0.4) is 0 Å². The van der Waals surface area contributed by atoms with E-state index in [-0.39, 0.29) is 24.6 Å². The Balaban J connectivity index is 0. The molecule has 0 aliphatic carbocycles. The molecule has 1 amide bonds. The van der Waals surface area contributed by atoms with Gasteiger partial charge in [-0.1, -0.05) is 0 Å². The minimum absolute atomic E-state index is 0. The lowest BCUT2D eigenvalue weighted by atomic mass is 10.2. The van der Waals surface area contributed by atoms with E-state index in [1.165, 1.54) is 6.92 Å². The Kier molecular flexibility index (Phi) is 6.29. The molecule has 0 aliphatic heterocycles. The highest BCUT2D eigenvalue weighted by Crippen LogP contribution is 1.84. The predicted molar refractivity (Wildman–Crippen MR) is 39.7 cm³/mol. The van der Waals surface area contributed by atoms with Crippen LogP contribution in [-0.2, 0) is 9.59 Å². The molecule has 0 spiro atoms. The first kappa shape index (κ1) is 12.1. The summed E-state index contributed by atoms with van der Waals surface area (Å²) < 4.78 is 0. The number of primary amides is 1. The summed E-state index contributed by atoms with van der Waals surface area (Å²) in [6.45, 7) is 1.52. The molecule has 0 rings (SSSR count). The smallest absolute Gasteiger partial charge is 0.224 e. The molecule has 0 aliphatic rings. The molecule has 4 N–H and O–H groups in total. The van der Waals surface area contributed by atoms with Crippen molar-refractivity contribution in [3.05, 3.63) is 0 Å². The van der Waals surface area contributed by atoms with Crippen LogP contribution < -0.4 is 11.5 Å². The highest BCUT2D eigenvalue weighted by molar-refractivity contribution is 5.99. The summed E-state index contributed by atoms with van der Waals surface area (Å²) in [6.07, 6.45) is -0.252. The first-order valence-electron chi connectivity index (χ1n) is 2.60. The minimum Gasteiger partial charge on any atom is -0.369 e. The van der Waals surface area contributed by atoms with Gasteiger partial charge in [0.1, 0.15) is 0 Å². The number of hydrogen-bond acceptors (Lipinski definition) is 3. The molecular weight excluding hydrogens is 156 g/mol. The van der Waals surface area contributed by atoms with Crippen LogP contribution >= 0.6 is 12.4 Å². The van der Waals surface area contributed by atoms with Crippen LogP contribution in [0.5, 0.6) is 0 Å². The van der Waals surface area contributed by atoms with E-state index in [0.29, 0.717) is 0 Å². The third kappa shape index (κ3) is 5.53. The fourth-order valence-electron chi connectivity index (χ4n) is 0.333. The van der Waals surface area contributed by atoms with Crippen LogP contribution in [0.25, 0.3) is 0 Å². The summed E-state index contributed by atoms with van der Waals surface area (Å²) in [5, 5.41) is 0. The second-order valence-corrected chi connectivity index (χ2v) is 1.90. The number of ketones is 1. The second kappa shape index (κ2) is 5.20. The summed E-state index contributed by atoms with van der Waals surface area (Å²) >= 11 is 0. The Bertz CT molecular complexity index is 136. The first-order chi connectivity index (χ1) is 4.04. The molecule has 1 unspecified atom stereocenters. The summed E-state index contributed by atoms with van der Waals surface area (Å²) in [5.74, 6) is -0.945. The highest BCUT2D eigenvalue weighted by Gasteiger charge is 2.09. The molecule has 0 heterocycles. The molecule has 10 heavy (non-hydrogen) atoms. The molecule has 60 valence electrons. The maximum Gasteiger partial charge on any atom is 0.224 e. The Morgan fingerprint density at radius 3 is 2.00 bits per heavy atom. The van der Waals surface area contributed by atoms with Crippen molar-refractivity contribution < 1.29 is 9.59 Å². The van der Waals surface area contributed by atoms with Gasteiger partial charge in [-0.3, -0.25) is 9.59 Å². The molecule has 1 atom stereocenters. The molecule has 5 heteroatoms. The third-order valence-electron chi connectivity index (χ3n) is 0.856. The fourth-order valence-corrected chi connectivity index (χ4v) is 0.333. The van der Waals surface area contributed by atoms with E-state index in [9.17, 15) is 9.59 Å². The van der Waals surface area contributed by atoms with E-state index in [1.54, 1.807) is 0 Å². The molecule has 0 aromatic carbocycles. The molecule has 0 saturated carbocycles. The average molecular weight is 167 g/mol. The number of amides is 1. The first-order valence-corrected chi connectivity index (χ1v) is 2.60.